The number of aromatic nitrogens is 4. The molecule has 0 saturated heterocycles. The number of anilines is 1. The van der Waals surface area contributed by atoms with Crippen molar-refractivity contribution in [3.8, 4) is 0 Å². The van der Waals surface area contributed by atoms with Crippen LogP contribution in [0.1, 0.15) is 50.0 Å². The van der Waals surface area contributed by atoms with Crippen molar-refractivity contribution in [2.45, 2.75) is 55.4 Å². The lowest BCUT2D eigenvalue weighted by Gasteiger charge is -2.18. The fourth-order valence-electron chi connectivity index (χ4n) is 2.68. The maximum atomic E-state index is 12.3. The summed E-state index contributed by atoms with van der Waals surface area (Å²) >= 11 is 2.95. The molecule has 1 amide bonds. The van der Waals surface area contributed by atoms with Crippen molar-refractivity contribution < 1.29 is 4.79 Å². The first kappa shape index (κ1) is 16.4. The van der Waals surface area contributed by atoms with Gasteiger partial charge >= 0.3 is 0 Å². The van der Waals surface area contributed by atoms with Crippen LogP contribution >= 0.6 is 23.1 Å². The molecule has 124 valence electrons. The van der Waals surface area contributed by atoms with Crippen molar-refractivity contribution in [1.82, 2.24) is 19.7 Å². The zero-order chi connectivity index (χ0) is 16.2. The summed E-state index contributed by atoms with van der Waals surface area (Å²) in [6, 6.07) is 0. The number of nitrogens with one attached hydrogen (secondary N) is 1. The number of rotatable bonds is 5. The van der Waals surface area contributed by atoms with Crippen LogP contribution in [0, 0.1) is 0 Å². The van der Waals surface area contributed by atoms with Crippen LogP contribution in [-0.4, -0.2) is 30.9 Å². The molecule has 1 atom stereocenters. The Morgan fingerprint density at radius 2 is 2.17 bits per heavy atom. The molecular formula is C15H21N5OS2. The topological polar surface area (TPSA) is 72.7 Å². The van der Waals surface area contributed by atoms with Crippen LogP contribution < -0.4 is 5.32 Å². The third-order valence-corrected chi connectivity index (χ3v) is 6.23. The monoisotopic (exact) mass is 351 g/mol. The van der Waals surface area contributed by atoms with Gasteiger partial charge in [0.15, 0.2) is 5.16 Å². The summed E-state index contributed by atoms with van der Waals surface area (Å²) in [4.78, 5) is 16.5. The Bertz CT molecular complexity index is 662. The van der Waals surface area contributed by atoms with Crippen molar-refractivity contribution in [2.75, 3.05) is 5.32 Å². The normalized spacial score (nSPS) is 17.1. The SMILES string of the molecule is C[C@@H](Sc1nccn1C)C(=O)Nc1nnc(C2CCCCC2)s1. The van der Waals surface area contributed by atoms with Gasteiger partial charge in [-0.2, -0.15) is 0 Å². The molecule has 0 aromatic carbocycles. The fourth-order valence-corrected chi connectivity index (χ4v) is 4.43. The summed E-state index contributed by atoms with van der Waals surface area (Å²) < 4.78 is 1.90. The highest BCUT2D eigenvalue weighted by atomic mass is 32.2. The molecule has 3 rings (SSSR count). The molecule has 0 spiro atoms. The minimum Gasteiger partial charge on any atom is -0.329 e. The Labute approximate surface area is 144 Å². The minimum atomic E-state index is -0.238. The van der Waals surface area contributed by atoms with E-state index in [4.69, 9.17) is 0 Å². The second kappa shape index (κ2) is 7.44. The molecule has 2 aromatic heterocycles. The second-order valence-electron chi connectivity index (χ2n) is 5.85. The molecule has 2 heterocycles. The first-order valence-electron chi connectivity index (χ1n) is 7.91. The van der Waals surface area contributed by atoms with Crippen molar-refractivity contribution in [2.24, 2.45) is 7.05 Å². The molecule has 1 N–H and O–H groups in total. The Kier molecular flexibility index (Phi) is 5.32. The summed E-state index contributed by atoms with van der Waals surface area (Å²) in [5, 5.41) is 13.5. The lowest BCUT2D eigenvalue weighted by Crippen LogP contribution is -2.22. The van der Waals surface area contributed by atoms with Crippen LogP contribution in [0.5, 0.6) is 0 Å². The van der Waals surface area contributed by atoms with Gasteiger partial charge in [-0.1, -0.05) is 42.4 Å². The van der Waals surface area contributed by atoms with Crippen LogP contribution in [0.3, 0.4) is 0 Å². The van der Waals surface area contributed by atoms with E-state index in [9.17, 15) is 4.79 Å². The Morgan fingerprint density at radius 3 is 2.87 bits per heavy atom. The van der Waals surface area contributed by atoms with Gasteiger partial charge in [0, 0.05) is 25.4 Å². The third-order valence-electron chi connectivity index (χ3n) is 4.05. The van der Waals surface area contributed by atoms with Crippen molar-refractivity contribution in [3.05, 3.63) is 17.4 Å². The van der Waals surface area contributed by atoms with Crippen molar-refractivity contribution in [1.29, 1.82) is 0 Å². The zero-order valence-electron chi connectivity index (χ0n) is 13.4. The van der Waals surface area contributed by atoms with E-state index in [0.717, 1.165) is 10.2 Å². The highest BCUT2D eigenvalue weighted by Crippen LogP contribution is 2.35. The van der Waals surface area contributed by atoms with E-state index in [0.29, 0.717) is 11.0 Å². The van der Waals surface area contributed by atoms with Crippen LogP contribution in [0.2, 0.25) is 0 Å². The van der Waals surface area contributed by atoms with E-state index in [2.05, 4.69) is 20.5 Å². The van der Waals surface area contributed by atoms with Gasteiger partial charge in [-0.15, -0.1) is 10.2 Å². The molecule has 8 heteroatoms. The average Bonchev–Trinajstić information content (AvgIpc) is 3.18. The number of hydrogen-bond donors (Lipinski definition) is 1. The standard InChI is InChI=1S/C15H21N5OS2/c1-10(22-15-16-8-9-20(15)2)12(21)17-14-19-18-13(23-14)11-6-4-3-5-7-11/h8-11H,3-7H2,1-2H3,(H,17,19,21)/t10-/m1/s1. The molecule has 23 heavy (non-hydrogen) atoms. The number of amides is 1. The Morgan fingerprint density at radius 1 is 1.39 bits per heavy atom. The molecule has 1 fully saturated rings. The third kappa shape index (κ3) is 4.11. The number of thioether (sulfide) groups is 1. The van der Waals surface area contributed by atoms with E-state index in [1.54, 1.807) is 6.20 Å². The maximum Gasteiger partial charge on any atom is 0.239 e. The van der Waals surface area contributed by atoms with Gasteiger partial charge in [0.25, 0.3) is 0 Å². The molecule has 0 bridgehead atoms. The molecular weight excluding hydrogens is 330 g/mol. The zero-order valence-corrected chi connectivity index (χ0v) is 15.0. The molecule has 6 nitrogen and oxygen atoms in total. The van der Waals surface area contributed by atoms with E-state index >= 15 is 0 Å². The predicted molar refractivity (Wildman–Crippen MR) is 92.9 cm³/mol. The van der Waals surface area contributed by atoms with Gasteiger partial charge in [-0.05, 0) is 19.8 Å². The van der Waals surface area contributed by atoms with E-state index < -0.39 is 0 Å². The molecule has 2 aromatic rings. The highest BCUT2D eigenvalue weighted by molar-refractivity contribution is 8.00. The second-order valence-corrected chi connectivity index (χ2v) is 8.17. The molecule has 1 aliphatic carbocycles. The molecule has 0 radical (unpaired) electrons. The molecule has 1 aliphatic rings. The summed E-state index contributed by atoms with van der Waals surface area (Å²) in [6.45, 7) is 1.87. The van der Waals surface area contributed by atoms with Crippen molar-refractivity contribution >= 4 is 34.1 Å². The smallest absolute Gasteiger partial charge is 0.239 e. The summed E-state index contributed by atoms with van der Waals surface area (Å²) in [5.41, 5.74) is 0. The fraction of sp³-hybridized carbons (Fsp3) is 0.600. The number of carbonyl (C=O) groups excluding carboxylic acids is 1. The lowest BCUT2D eigenvalue weighted by atomic mass is 9.90. The van der Waals surface area contributed by atoms with E-state index in [1.165, 1.54) is 55.2 Å². The molecule has 0 unspecified atom stereocenters. The van der Waals surface area contributed by atoms with Crippen LogP contribution in [-0.2, 0) is 11.8 Å². The largest absolute Gasteiger partial charge is 0.329 e. The number of aryl methyl sites for hydroxylation is 1. The van der Waals surface area contributed by atoms with Gasteiger partial charge in [-0.3, -0.25) is 10.1 Å². The molecule has 1 saturated carbocycles. The quantitative estimate of drug-likeness (QED) is 0.836. The average molecular weight is 352 g/mol. The number of carbonyl (C=O) groups is 1. The van der Waals surface area contributed by atoms with E-state index in [-0.39, 0.29) is 11.2 Å². The van der Waals surface area contributed by atoms with Crippen LogP contribution in [0.25, 0.3) is 0 Å². The molecule has 0 aliphatic heterocycles. The minimum absolute atomic E-state index is 0.0654. The van der Waals surface area contributed by atoms with E-state index in [1.807, 2.05) is 24.7 Å². The summed E-state index contributed by atoms with van der Waals surface area (Å²) in [7, 11) is 1.92. The van der Waals surface area contributed by atoms with Gasteiger partial charge in [-0.25, -0.2) is 4.98 Å². The van der Waals surface area contributed by atoms with Crippen LogP contribution in [0.15, 0.2) is 17.6 Å². The van der Waals surface area contributed by atoms with Gasteiger partial charge in [0.2, 0.25) is 11.0 Å². The first-order valence-corrected chi connectivity index (χ1v) is 9.61. The lowest BCUT2D eigenvalue weighted by molar-refractivity contribution is -0.115. The Balaban J connectivity index is 1.57. The summed E-state index contributed by atoms with van der Waals surface area (Å²) in [5.74, 6) is 0.454. The number of hydrogen-bond acceptors (Lipinski definition) is 6. The van der Waals surface area contributed by atoms with Gasteiger partial charge in [0.05, 0.1) is 5.25 Å². The maximum absolute atomic E-state index is 12.3. The van der Waals surface area contributed by atoms with Gasteiger partial charge < -0.3 is 4.57 Å². The van der Waals surface area contributed by atoms with Gasteiger partial charge in [0.1, 0.15) is 5.01 Å². The number of nitrogens with zero attached hydrogens (tertiary/aromatic N) is 4. The first-order chi connectivity index (χ1) is 11.1. The summed E-state index contributed by atoms with van der Waals surface area (Å²) in [6.07, 6.45) is 9.83. The predicted octanol–water partition coefficient (Wildman–Crippen LogP) is 3.44. The van der Waals surface area contributed by atoms with Crippen LogP contribution in [0.4, 0.5) is 5.13 Å². The highest BCUT2D eigenvalue weighted by Gasteiger charge is 2.22. The number of imidazole rings is 1. The Hall–Kier alpha value is -1.41. The van der Waals surface area contributed by atoms with Crippen molar-refractivity contribution in [3.63, 3.8) is 0 Å².